The Morgan fingerprint density at radius 1 is 1.28 bits per heavy atom. The Balaban J connectivity index is 2.00. The Kier molecular flexibility index (Phi) is 5.21. The van der Waals surface area contributed by atoms with E-state index < -0.39 is 0 Å². The fraction of sp³-hybridized carbons (Fsp3) is 0.625. The zero-order valence-corrected chi connectivity index (χ0v) is 11.8. The zero-order valence-electron chi connectivity index (χ0n) is 11.8. The molecule has 1 unspecified atom stereocenters. The Bertz CT molecular complexity index is 362. The van der Waals surface area contributed by atoms with Crippen LogP contribution in [0.15, 0.2) is 24.3 Å². The van der Waals surface area contributed by atoms with E-state index in [9.17, 15) is 0 Å². The molecule has 2 nitrogen and oxygen atoms in total. The second-order valence-corrected chi connectivity index (χ2v) is 5.38. The van der Waals surface area contributed by atoms with Gasteiger partial charge in [0.15, 0.2) is 0 Å². The van der Waals surface area contributed by atoms with Gasteiger partial charge in [0, 0.05) is 19.1 Å². The number of nitrogens with zero attached hydrogens (tertiary/aromatic N) is 1. The van der Waals surface area contributed by atoms with Gasteiger partial charge < -0.3 is 5.32 Å². The SMILES string of the molecule is CCC1CCCCN1Cc1cccc(CNC)c1. The molecule has 0 saturated carbocycles. The first-order chi connectivity index (χ1) is 8.83. The van der Waals surface area contributed by atoms with Crippen molar-refractivity contribution in [2.24, 2.45) is 0 Å². The van der Waals surface area contributed by atoms with Crippen LogP contribution in [0.1, 0.15) is 43.7 Å². The van der Waals surface area contributed by atoms with E-state index in [1.165, 1.54) is 43.4 Å². The second-order valence-electron chi connectivity index (χ2n) is 5.38. The molecule has 1 saturated heterocycles. The van der Waals surface area contributed by atoms with Gasteiger partial charge in [-0.25, -0.2) is 0 Å². The molecular formula is C16H26N2. The van der Waals surface area contributed by atoms with E-state index in [0.29, 0.717) is 0 Å². The van der Waals surface area contributed by atoms with Crippen molar-refractivity contribution in [2.45, 2.75) is 51.7 Å². The van der Waals surface area contributed by atoms with Gasteiger partial charge in [0.05, 0.1) is 0 Å². The van der Waals surface area contributed by atoms with Crippen molar-refractivity contribution in [3.05, 3.63) is 35.4 Å². The lowest BCUT2D eigenvalue weighted by molar-refractivity contribution is 0.136. The van der Waals surface area contributed by atoms with Gasteiger partial charge in [-0.15, -0.1) is 0 Å². The van der Waals surface area contributed by atoms with E-state index in [4.69, 9.17) is 0 Å². The Labute approximate surface area is 111 Å². The fourth-order valence-electron chi connectivity index (χ4n) is 3.01. The number of rotatable bonds is 5. The van der Waals surface area contributed by atoms with Crippen molar-refractivity contribution in [1.82, 2.24) is 10.2 Å². The molecule has 0 aromatic heterocycles. The Hall–Kier alpha value is -0.860. The molecule has 100 valence electrons. The average molecular weight is 246 g/mol. The largest absolute Gasteiger partial charge is 0.316 e. The molecule has 0 bridgehead atoms. The van der Waals surface area contributed by atoms with Gasteiger partial charge in [0.1, 0.15) is 0 Å². The van der Waals surface area contributed by atoms with Crippen molar-refractivity contribution in [3.63, 3.8) is 0 Å². The van der Waals surface area contributed by atoms with Crippen LogP contribution in [0.2, 0.25) is 0 Å². The quantitative estimate of drug-likeness (QED) is 0.858. The summed E-state index contributed by atoms with van der Waals surface area (Å²) in [5.74, 6) is 0. The molecule has 1 aliphatic heterocycles. The van der Waals surface area contributed by atoms with Crippen molar-refractivity contribution >= 4 is 0 Å². The van der Waals surface area contributed by atoms with Crippen LogP contribution in [0.4, 0.5) is 0 Å². The minimum absolute atomic E-state index is 0.798. The first-order valence-corrected chi connectivity index (χ1v) is 7.30. The molecular weight excluding hydrogens is 220 g/mol. The molecule has 2 rings (SSSR count). The van der Waals surface area contributed by atoms with Crippen LogP contribution < -0.4 is 5.32 Å². The Morgan fingerprint density at radius 2 is 2.11 bits per heavy atom. The van der Waals surface area contributed by atoms with Crippen LogP contribution in [0.25, 0.3) is 0 Å². The van der Waals surface area contributed by atoms with Crippen LogP contribution in [0.3, 0.4) is 0 Å². The summed E-state index contributed by atoms with van der Waals surface area (Å²) in [6, 6.07) is 9.80. The maximum atomic E-state index is 3.22. The molecule has 0 amide bonds. The number of hydrogen-bond acceptors (Lipinski definition) is 2. The number of hydrogen-bond donors (Lipinski definition) is 1. The predicted octanol–water partition coefficient (Wildman–Crippen LogP) is 3.17. The fourth-order valence-corrected chi connectivity index (χ4v) is 3.01. The summed E-state index contributed by atoms with van der Waals surface area (Å²) >= 11 is 0. The predicted molar refractivity (Wildman–Crippen MR) is 77.5 cm³/mol. The van der Waals surface area contributed by atoms with Crippen molar-refractivity contribution in [3.8, 4) is 0 Å². The highest BCUT2D eigenvalue weighted by atomic mass is 15.2. The maximum Gasteiger partial charge on any atom is 0.0236 e. The van der Waals surface area contributed by atoms with Crippen LogP contribution >= 0.6 is 0 Å². The van der Waals surface area contributed by atoms with Crippen LogP contribution in [-0.4, -0.2) is 24.5 Å². The lowest BCUT2D eigenvalue weighted by Crippen LogP contribution is -2.38. The lowest BCUT2D eigenvalue weighted by atomic mass is 9.99. The van der Waals surface area contributed by atoms with Gasteiger partial charge in [-0.1, -0.05) is 37.6 Å². The van der Waals surface area contributed by atoms with E-state index in [-0.39, 0.29) is 0 Å². The monoisotopic (exact) mass is 246 g/mol. The topological polar surface area (TPSA) is 15.3 Å². The molecule has 2 heteroatoms. The second kappa shape index (κ2) is 6.91. The van der Waals surface area contributed by atoms with Gasteiger partial charge >= 0.3 is 0 Å². The molecule has 18 heavy (non-hydrogen) atoms. The molecule has 0 spiro atoms. The third kappa shape index (κ3) is 3.56. The van der Waals surface area contributed by atoms with E-state index in [1.54, 1.807) is 0 Å². The molecule has 0 aliphatic carbocycles. The summed E-state index contributed by atoms with van der Waals surface area (Å²) in [6.45, 7) is 5.68. The minimum Gasteiger partial charge on any atom is -0.316 e. The normalized spacial score (nSPS) is 21.1. The minimum atomic E-state index is 0.798. The zero-order chi connectivity index (χ0) is 12.8. The van der Waals surface area contributed by atoms with Crippen LogP contribution in [0.5, 0.6) is 0 Å². The molecule has 1 fully saturated rings. The van der Waals surface area contributed by atoms with E-state index >= 15 is 0 Å². The van der Waals surface area contributed by atoms with Gasteiger partial charge in [0.2, 0.25) is 0 Å². The van der Waals surface area contributed by atoms with Crippen molar-refractivity contribution in [2.75, 3.05) is 13.6 Å². The first-order valence-electron chi connectivity index (χ1n) is 7.30. The standard InChI is InChI=1S/C16H26N2/c1-3-16-9-4-5-10-18(16)13-15-8-6-7-14(11-15)12-17-2/h6-8,11,16-17H,3-5,9-10,12-13H2,1-2H3. The number of benzene rings is 1. The molecule has 1 aliphatic rings. The Morgan fingerprint density at radius 3 is 2.89 bits per heavy atom. The highest BCUT2D eigenvalue weighted by Crippen LogP contribution is 2.21. The molecule has 1 N–H and O–H groups in total. The van der Waals surface area contributed by atoms with E-state index in [2.05, 4.69) is 41.4 Å². The van der Waals surface area contributed by atoms with Gasteiger partial charge in [0.25, 0.3) is 0 Å². The molecule has 0 radical (unpaired) electrons. The molecule has 1 aromatic carbocycles. The van der Waals surface area contributed by atoms with Gasteiger partial charge in [-0.05, 0) is 44.0 Å². The first kappa shape index (κ1) is 13.6. The third-order valence-electron chi connectivity index (χ3n) is 3.98. The summed E-state index contributed by atoms with van der Waals surface area (Å²) in [4.78, 5) is 2.67. The van der Waals surface area contributed by atoms with Gasteiger partial charge in [-0.2, -0.15) is 0 Å². The number of nitrogens with one attached hydrogen (secondary N) is 1. The lowest BCUT2D eigenvalue weighted by Gasteiger charge is -2.35. The van der Waals surface area contributed by atoms with Crippen molar-refractivity contribution in [1.29, 1.82) is 0 Å². The summed E-state index contributed by atoms with van der Waals surface area (Å²) in [5, 5.41) is 3.22. The smallest absolute Gasteiger partial charge is 0.0236 e. The van der Waals surface area contributed by atoms with Gasteiger partial charge in [-0.3, -0.25) is 4.90 Å². The number of piperidine rings is 1. The summed E-state index contributed by atoms with van der Waals surface area (Å²) in [7, 11) is 2.00. The van der Waals surface area contributed by atoms with Crippen LogP contribution in [0, 0.1) is 0 Å². The third-order valence-corrected chi connectivity index (χ3v) is 3.98. The average Bonchev–Trinajstić information content (AvgIpc) is 2.40. The molecule has 1 aromatic rings. The maximum absolute atomic E-state index is 3.22. The van der Waals surface area contributed by atoms with E-state index in [1.807, 2.05) is 7.05 Å². The van der Waals surface area contributed by atoms with E-state index in [0.717, 1.165) is 19.1 Å². The highest BCUT2D eigenvalue weighted by Gasteiger charge is 2.20. The van der Waals surface area contributed by atoms with Crippen molar-refractivity contribution < 1.29 is 0 Å². The molecule has 1 atom stereocenters. The molecule has 1 heterocycles. The highest BCUT2D eigenvalue weighted by molar-refractivity contribution is 5.23. The summed E-state index contributed by atoms with van der Waals surface area (Å²) in [6.07, 6.45) is 5.45. The summed E-state index contributed by atoms with van der Waals surface area (Å²) < 4.78 is 0. The number of likely N-dealkylation sites (tertiary alicyclic amines) is 1. The van der Waals surface area contributed by atoms with Crippen LogP contribution in [-0.2, 0) is 13.1 Å². The summed E-state index contributed by atoms with van der Waals surface area (Å²) in [5.41, 5.74) is 2.85.